The quantitative estimate of drug-likeness (QED) is 0.405. The van der Waals surface area contributed by atoms with Gasteiger partial charge in [-0.3, -0.25) is 4.99 Å². The fourth-order valence-corrected chi connectivity index (χ4v) is 5.45. The highest BCUT2D eigenvalue weighted by atomic mass is 35.5. The van der Waals surface area contributed by atoms with Crippen LogP contribution in [0.2, 0.25) is 0 Å². The van der Waals surface area contributed by atoms with Crippen molar-refractivity contribution in [2.75, 3.05) is 23.9 Å². The van der Waals surface area contributed by atoms with Crippen LogP contribution >= 0.6 is 22.9 Å². The van der Waals surface area contributed by atoms with Crippen LogP contribution in [0, 0.1) is 0 Å². The van der Waals surface area contributed by atoms with Gasteiger partial charge < -0.3 is 15.0 Å². The molecule has 0 saturated carbocycles. The van der Waals surface area contributed by atoms with Gasteiger partial charge in [0.05, 0.1) is 31.4 Å². The minimum absolute atomic E-state index is 0.216. The molecule has 1 N–H and O–H groups in total. The molecule has 1 aliphatic carbocycles. The number of ether oxygens (including phenoxy) is 1. The smallest absolute Gasteiger partial charge is 0.187 e. The van der Waals surface area contributed by atoms with E-state index in [0.717, 1.165) is 35.1 Å². The van der Waals surface area contributed by atoms with E-state index < -0.39 is 0 Å². The molecular formula is C23H23ClN4OS. The molecule has 0 radical (unpaired) electrons. The Balaban J connectivity index is 1.39. The Kier molecular flexibility index (Phi) is 5.35. The number of aliphatic imine (C=N–C) groups is 1. The second-order valence-corrected chi connectivity index (χ2v) is 9.13. The fraction of sp³-hybridized carbons (Fsp3) is 0.304. The second kappa shape index (κ2) is 8.28. The summed E-state index contributed by atoms with van der Waals surface area (Å²) >= 11 is 7.86. The predicted octanol–water partition coefficient (Wildman–Crippen LogP) is 5.78. The lowest BCUT2D eigenvalue weighted by Gasteiger charge is -2.21. The standard InChI is InChI=1S/C23H23ClN4OS/c1-29-19-12-16(10-11-18(19)28-13-21(24)25-14-28)26-23-27-22-17(8-5-9-20(22)30-23)15-6-3-2-4-7-15/h2-4,6-7,10-12,14,17,21H,5,8-9,13H2,1H3,(H,26,27). The van der Waals surface area contributed by atoms with Crippen LogP contribution in [0.25, 0.3) is 0 Å². The Hall–Kier alpha value is -2.57. The normalized spacial score (nSPS) is 20.3. The molecule has 1 aliphatic heterocycles. The van der Waals surface area contributed by atoms with Crippen LogP contribution in [0.1, 0.15) is 34.9 Å². The van der Waals surface area contributed by atoms with Crippen LogP contribution in [0.5, 0.6) is 5.75 Å². The van der Waals surface area contributed by atoms with Crippen molar-refractivity contribution in [2.45, 2.75) is 30.7 Å². The number of anilines is 3. The van der Waals surface area contributed by atoms with Crippen molar-refractivity contribution in [3.05, 3.63) is 64.7 Å². The summed E-state index contributed by atoms with van der Waals surface area (Å²) in [6, 6.07) is 16.8. The summed E-state index contributed by atoms with van der Waals surface area (Å²) in [7, 11) is 1.68. The fourth-order valence-electron chi connectivity index (χ4n) is 4.17. The third-order valence-electron chi connectivity index (χ3n) is 5.61. The van der Waals surface area contributed by atoms with Crippen LogP contribution in [-0.4, -0.2) is 30.5 Å². The lowest BCUT2D eigenvalue weighted by Crippen LogP contribution is -2.21. The molecule has 5 rings (SSSR count). The number of fused-ring (bicyclic) bond motifs is 1. The Bertz CT molecular complexity index is 1070. The lowest BCUT2D eigenvalue weighted by molar-refractivity contribution is 0.416. The number of nitrogens with one attached hydrogen (secondary N) is 1. The van der Waals surface area contributed by atoms with Gasteiger partial charge in [-0.05, 0) is 37.0 Å². The van der Waals surface area contributed by atoms with Crippen molar-refractivity contribution in [3.8, 4) is 5.75 Å². The zero-order chi connectivity index (χ0) is 20.5. The van der Waals surface area contributed by atoms with E-state index in [0.29, 0.717) is 12.5 Å². The third kappa shape index (κ3) is 3.77. The van der Waals surface area contributed by atoms with Crippen molar-refractivity contribution in [1.29, 1.82) is 0 Å². The number of rotatable bonds is 5. The van der Waals surface area contributed by atoms with E-state index in [2.05, 4.69) is 40.6 Å². The number of aryl methyl sites for hydroxylation is 1. The first-order valence-electron chi connectivity index (χ1n) is 10.1. The predicted molar refractivity (Wildman–Crippen MR) is 125 cm³/mol. The van der Waals surface area contributed by atoms with Crippen LogP contribution in [0.3, 0.4) is 0 Å². The number of thiazole rings is 1. The summed E-state index contributed by atoms with van der Waals surface area (Å²) in [5, 5.41) is 4.42. The van der Waals surface area contributed by atoms with Crippen molar-refractivity contribution >= 4 is 45.8 Å². The van der Waals surface area contributed by atoms with Gasteiger partial charge in [0.1, 0.15) is 11.3 Å². The largest absolute Gasteiger partial charge is 0.494 e. The van der Waals surface area contributed by atoms with E-state index in [1.807, 2.05) is 23.1 Å². The Labute approximate surface area is 185 Å². The highest BCUT2D eigenvalue weighted by Crippen LogP contribution is 2.41. The maximum Gasteiger partial charge on any atom is 0.187 e. The molecule has 2 aliphatic rings. The average molecular weight is 439 g/mol. The van der Waals surface area contributed by atoms with E-state index in [-0.39, 0.29) is 5.50 Å². The molecule has 2 aromatic carbocycles. The number of halogens is 1. The molecule has 0 saturated heterocycles. The molecule has 5 nitrogen and oxygen atoms in total. The van der Waals surface area contributed by atoms with E-state index in [1.54, 1.807) is 24.8 Å². The number of methoxy groups -OCH3 is 1. The Morgan fingerprint density at radius 3 is 2.83 bits per heavy atom. The van der Waals surface area contributed by atoms with Crippen LogP contribution in [0.15, 0.2) is 53.5 Å². The molecule has 0 fully saturated rings. The summed E-state index contributed by atoms with van der Waals surface area (Å²) in [5.74, 6) is 1.16. The number of aromatic nitrogens is 1. The van der Waals surface area contributed by atoms with Crippen LogP contribution < -0.4 is 15.0 Å². The average Bonchev–Trinajstić information content (AvgIpc) is 3.39. The maximum absolute atomic E-state index is 6.10. The number of benzene rings is 2. The summed E-state index contributed by atoms with van der Waals surface area (Å²) in [6.07, 6.45) is 5.23. The molecule has 2 heterocycles. The molecule has 3 aromatic rings. The van der Waals surface area contributed by atoms with Crippen molar-refractivity contribution in [1.82, 2.24) is 4.98 Å². The number of alkyl halides is 1. The van der Waals surface area contributed by atoms with Gasteiger partial charge in [-0.2, -0.15) is 0 Å². The molecule has 1 aromatic heterocycles. The minimum atomic E-state index is -0.216. The molecule has 0 spiro atoms. The van der Waals surface area contributed by atoms with Crippen molar-refractivity contribution in [3.63, 3.8) is 0 Å². The first kappa shape index (κ1) is 19.4. The molecule has 2 unspecified atom stereocenters. The van der Waals surface area contributed by atoms with E-state index in [4.69, 9.17) is 21.3 Å². The number of hydrogen-bond acceptors (Lipinski definition) is 6. The van der Waals surface area contributed by atoms with Gasteiger partial charge >= 0.3 is 0 Å². The summed E-state index contributed by atoms with van der Waals surface area (Å²) in [5.41, 5.74) is 4.27. The van der Waals surface area contributed by atoms with Crippen LogP contribution in [-0.2, 0) is 6.42 Å². The molecule has 0 bridgehead atoms. The lowest BCUT2D eigenvalue weighted by atomic mass is 9.85. The Morgan fingerprint density at radius 1 is 1.20 bits per heavy atom. The Morgan fingerprint density at radius 2 is 2.07 bits per heavy atom. The zero-order valence-electron chi connectivity index (χ0n) is 16.7. The highest BCUT2D eigenvalue weighted by Gasteiger charge is 2.26. The molecule has 7 heteroatoms. The van der Waals surface area contributed by atoms with E-state index in [9.17, 15) is 0 Å². The molecule has 154 valence electrons. The monoisotopic (exact) mass is 438 g/mol. The first-order valence-corrected chi connectivity index (χ1v) is 11.4. The number of hydrogen-bond donors (Lipinski definition) is 1. The maximum atomic E-state index is 6.10. The zero-order valence-corrected chi connectivity index (χ0v) is 18.3. The molecule has 30 heavy (non-hydrogen) atoms. The van der Waals surface area contributed by atoms with Gasteiger partial charge in [-0.15, -0.1) is 11.3 Å². The molecule has 2 atom stereocenters. The molecule has 0 amide bonds. The summed E-state index contributed by atoms with van der Waals surface area (Å²) in [4.78, 5) is 12.6. The van der Waals surface area contributed by atoms with E-state index in [1.165, 1.54) is 22.6 Å². The summed E-state index contributed by atoms with van der Waals surface area (Å²) < 4.78 is 5.62. The van der Waals surface area contributed by atoms with Gasteiger partial charge in [0.25, 0.3) is 0 Å². The second-order valence-electron chi connectivity index (χ2n) is 7.55. The highest BCUT2D eigenvalue weighted by molar-refractivity contribution is 7.15. The van der Waals surface area contributed by atoms with Crippen molar-refractivity contribution in [2.24, 2.45) is 4.99 Å². The third-order valence-corrected chi connectivity index (χ3v) is 6.91. The van der Waals surface area contributed by atoms with Crippen molar-refractivity contribution < 1.29 is 4.74 Å². The van der Waals surface area contributed by atoms with Gasteiger partial charge in [-0.1, -0.05) is 41.9 Å². The first-order chi connectivity index (χ1) is 14.7. The van der Waals surface area contributed by atoms with Gasteiger partial charge in [0.2, 0.25) is 0 Å². The SMILES string of the molecule is COc1cc(Nc2nc3c(s2)CCCC3c2ccccc2)ccc1N1C=NC(Cl)C1. The van der Waals surface area contributed by atoms with E-state index >= 15 is 0 Å². The van der Waals surface area contributed by atoms with Crippen LogP contribution in [0.4, 0.5) is 16.5 Å². The summed E-state index contributed by atoms with van der Waals surface area (Å²) in [6.45, 7) is 0.644. The topological polar surface area (TPSA) is 49.8 Å². The van der Waals surface area contributed by atoms with Gasteiger partial charge in [-0.25, -0.2) is 4.98 Å². The number of nitrogens with zero attached hydrogens (tertiary/aromatic N) is 3. The van der Waals surface area contributed by atoms with Gasteiger partial charge in [0.15, 0.2) is 5.13 Å². The minimum Gasteiger partial charge on any atom is -0.494 e. The van der Waals surface area contributed by atoms with Gasteiger partial charge in [0, 0.05) is 22.5 Å². The molecular weight excluding hydrogens is 416 g/mol.